The third-order valence-electron chi connectivity index (χ3n) is 3.37. The molecule has 7 heteroatoms. The van der Waals surface area contributed by atoms with Crippen LogP contribution in [0.25, 0.3) is 11.2 Å². The Hall–Kier alpha value is -1.89. The molecule has 0 aliphatic rings. The highest BCUT2D eigenvalue weighted by atomic mass is 16.2. The summed E-state index contributed by atoms with van der Waals surface area (Å²) in [5.41, 5.74) is 5.75. The Balaban J connectivity index is 2.69. The van der Waals surface area contributed by atoms with E-state index in [1.807, 2.05) is 11.5 Å². The molecule has 0 unspecified atom stereocenters. The highest BCUT2D eigenvalue weighted by Gasteiger charge is 2.16. The summed E-state index contributed by atoms with van der Waals surface area (Å²) in [7, 11) is 3.11. The van der Waals surface area contributed by atoms with Gasteiger partial charge in [0.05, 0.1) is 0 Å². The number of aryl methyl sites for hydroxylation is 3. The van der Waals surface area contributed by atoms with Gasteiger partial charge in [0, 0.05) is 20.6 Å². The van der Waals surface area contributed by atoms with Crippen molar-refractivity contribution in [2.24, 2.45) is 19.8 Å². The first-order valence-electron chi connectivity index (χ1n) is 6.32. The minimum absolute atomic E-state index is 0.300. The van der Waals surface area contributed by atoms with Gasteiger partial charge in [-0.15, -0.1) is 0 Å². The Kier molecular flexibility index (Phi) is 3.57. The maximum Gasteiger partial charge on any atom is 0.332 e. The van der Waals surface area contributed by atoms with Crippen molar-refractivity contribution in [2.45, 2.75) is 26.3 Å². The topological polar surface area (TPSA) is 87.8 Å². The van der Waals surface area contributed by atoms with Gasteiger partial charge in [0.1, 0.15) is 5.82 Å². The maximum atomic E-state index is 12.2. The molecule has 2 N–H and O–H groups in total. The molecule has 2 aromatic heterocycles. The van der Waals surface area contributed by atoms with Crippen LogP contribution in [-0.4, -0.2) is 25.2 Å². The van der Waals surface area contributed by atoms with Gasteiger partial charge in [0.2, 0.25) is 0 Å². The van der Waals surface area contributed by atoms with Gasteiger partial charge in [-0.3, -0.25) is 13.9 Å². The summed E-state index contributed by atoms with van der Waals surface area (Å²) in [6, 6.07) is 0. The molecule has 7 nitrogen and oxygen atoms in total. The highest BCUT2D eigenvalue weighted by molar-refractivity contribution is 5.70. The summed E-state index contributed by atoms with van der Waals surface area (Å²) >= 11 is 0. The molecule has 0 amide bonds. The molecule has 0 atom stereocenters. The lowest BCUT2D eigenvalue weighted by molar-refractivity contribution is 0.610. The van der Waals surface area contributed by atoms with Gasteiger partial charge >= 0.3 is 5.69 Å². The normalized spacial score (nSPS) is 11.4. The minimum Gasteiger partial charge on any atom is -0.330 e. The molecule has 0 spiro atoms. The molecular formula is C12H19N5O2. The van der Waals surface area contributed by atoms with Crippen LogP contribution < -0.4 is 17.0 Å². The fourth-order valence-corrected chi connectivity index (χ4v) is 2.24. The molecule has 0 bridgehead atoms. The van der Waals surface area contributed by atoms with Gasteiger partial charge < -0.3 is 10.3 Å². The maximum absolute atomic E-state index is 12.2. The number of fused-ring (bicyclic) bond motifs is 1. The fourth-order valence-electron chi connectivity index (χ4n) is 2.24. The number of aromatic nitrogens is 4. The second kappa shape index (κ2) is 5.00. The lowest BCUT2D eigenvalue weighted by Crippen LogP contribution is -2.37. The summed E-state index contributed by atoms with van der Waals surface area (Å²) in [6.45, 7) is 3.15. The van der Waals surface area contributed by atoms with Crippen LogP contribution in [0.1, 0.15) is 18.7 Å². The number of imidazole rings is 1. The lowest BCUT2D eigenvalue weighted by Gasteiger charge is -2.07. The predicted octanol–water partition coefficient (Wildman–Crippen LogP) is -0.519. The lowest BCUT2D eigenvalue weighted by atomic mass is 10.3. The van der Waals surface area contributed by atoms with Gasteiger partial charge in [-0.05, 0) is 26.3 Å². The van der Waals surface area contributed by atoms with Crippen molar-refractivity contribution in [3.63, 3.8) is 0 Å². The Bertz CT molecular complexity index is 722. The van der Waals surface area contributed by atoms with E-state index in [1.165, 1.54) is 11.6 Å². The number of nitrogens with zero attached hydrogens (tertiary/aromatic N) is 4. The second-order valence-corrected chi connectivity index (χ2v) is 4.68. The number of rotatable bonds is 4. The zero-order valence-corrected chi connectivity index (χ0v) is 11.5. The molecule has 19 heavy (non-hydrogen) atoms. The molecule has 0 aromatic carbocycles. The Morgan fingerprint density at radius 1 is 1.16 bits per heavy atom. The van der Waals surface area contributed by atoms with Crippen LogP contribution >= 0.6 is 0 Å². The number of hydrogen-bond donors (Lipinski definition) is 1. The quantitative estimate of drug-likeness (QED) is 0.754. The minimum atomic E-state index is -0.357. The Labute approximate surface area is 110 Å². The van der Waals surface area contributed by atoms with E-state index in [9.17, 15) is 9.59 Å². The first-order valence-corrected chi connectivity index (χ1v) is 6.32. The van der Waals surface area contributed by atoms with Gasteiger partial charge in [-0.1, -0.05) is 0 Å². The highest BCUT2D eigenvalue weighted by Crippen LogP contribution is 2.11. The molecule has 0 saturated heterocycles. The summed E-state index contributed by atoms with van der Waals surface area (Å²) in [5.74, 6) is 0.741. The van der Waals surface area contributed by atoms with E-state index in [-0.39, 0.29) is 11.2 Å². The molecule has 0 radical (unpaired) electrons. The Morgan fingerprint density at radius 2 is 1.84 bits per heavy atom. The number of unbranched alkanes of at least 4 members (excludes halogenated alkanes) is 1. The molecule has 0 fully saturated rings. The number of nitrogens with two attached hydrogens (primary N) is 1. The van der Waals surface area contributed by atoms with Gasteiger partial charge in [0.15, 0.2) is 11.2 Å². The van der Waals surface area contributed by atoms with E-state index in [0.29, 0.717) is 24.3 Å². The summed E-state index contributed by atoms with van der Waals surface area (Å²) < 4.78 is 4.39. The van der Waals surface area contributed by atoms with Crippen molar-refractivity contribution in [1.82, 2.24) is 18.7 Å². The van der Waals surface area contributed by atoms with Crippen LogP contribution in [0.2, 0.25) is 0 Å². The fraction of sp³-hybridized carbons (Fsp3) is 0.583. The van der Waals surface area contributed by atoms with Crippen molar-refractivity contribution in [2.75, 3.05) is 6.54 Å². The van der Waals surface area contributed by atoms with Crippen molar-refractivity contribution in [3.8, 4) is 0 Å². The molecule has 0 aliphatic carbocycles. The standard InChI is InChI=1S/C12H19N5O2/c1-8-14-10-9(17(8)7-5-4-6-13)11(18)16(3)12(19)15(10)2/h4-7,13H2,1-3H3. The van der Waals surface area contributed by atoms with Gasteiger partial charge in [0.25, 0.3) is 5.56 Å². The van der Waals surface area contributed by atoms with Crippen LogP contribution in [0.3, 0.4) is 0 Å². The predicted molar refractivity (Wildman–Crippen MR) is 73.2 cm³/mol. The van der Waals surface area contributed by atoms with Crippen LogP contribution in [0.5, 0.6) is 0 Å². The molecule has 0 saturated carbocycles. The average Bonchev–Trinajstić information content (AvgIpc) is 2.72. The van der Waals surface area contributed by atoms with E-state index in [2.05, 4.69) is 4.98 Å². The van der Waals surface area contributed by atoms with E-state index >= 15 is 0 Å². The van der Waals surface area contributed by atoms with Crippen LogP contribution in [-0.2, 0) is 20.6 Å². The third kappa shape index (κ3) is 2.10. The monoisotopic (exact) mass is 265 g/mol. The van der Waals surface area contributed by atoms with Crippen LogP contribution in [0.4, 0.5) is 0 Å². The van der Waals surface area contributed by atoms with E-state index < -0.39 is 0 Å². The van der Waals surface area contributed by atoms with E-state index in [0.717, 1.165) is 23.2 Å². The molecule has 104 valence electrons. The van der Waals surface area contributed by atoms with Crippen LogP contribution in [0.15, 0.2) is 9.59 Å². The molecule has 2 aromatic rings. The van der Waals surface area contributed by atoms with Crippen molar-refractivity contribution in [3.05, 3.63) is 26.7 Å². The second-order valence-electron chi connectivity index (χ2n) is 4.68. The average molecular weight is 265 g/mol. The Morgan fingerprint density at radius 3 is 2.47 bits per heavy atom. The zero-order chi connectivity index (χ0) is 14.2. The zero-order valence-electron chi connectivity index (χ0n) is 11.5. The largest absolute Gasteiger partial charge is 0.332 e. The SMILES string of the molecule is Cc1nc2c(c(=O)n(C)c(=O)n2C)n1CCCCN. The summed E-state index contributed by atoms with van der Waals surface area (Å²) in [5, 5.41) is 0. The summed E-state index contributed by atoms with van der Waals surface area (Å²) in [4.78, 5) is 28.4. The molecular weight excluding hydrogens is 246 g/mol. The van der Waals surface area contributed by atoms with E-state index in [4.69, 9.17) is 5.73 Å². The first kappa shape index (κ1) is 13.5. The smallest absolute Gasteiger partial charge is 0.330 e. The third-order valence-corrected chi connectivity index (χ3v) is 3.37. The van der Waals surface area contributed by atoms with Crippen molar-refractivity contribution >= 4 is 11.2 Å². The van der Waals surface area contributed by atoms with Crippen molar-refractivity contribution < 1.29 is 0 Å². The first-order chi connectivity index (χ1) is 8.99. The summed E-state index contributed by atoms with van der Waals surface area (Å²) in [6.07, 6.45) is 1.78. The van der Waals surface area contributed by atoms with E-state index in [1.54, 1.807) is 7.05 Å². The molecule has 0 aliphatic heterocycles. The van der Waals surface area contributed by atoms with Crippen LogP contribution in [0, 0.1) is 6.92 Å². The number of hydrogen-bond acceptors (Lipinski definition) is 4. The van der Waals surface area contributed by atoms with Crippen molar-refractivity contribution in [1.29, 1.82) is 0 Å². The molecule has 2 heterocycles. The molecule has 2 rings (SSSR count). The van der Waals surface area contributed by atoms with Gasteiger partial charge in [-0.2, -0.15) is 0 Å². The van der Waals surface area contributed by atoms with Gasteiger partial charge in [-0.25, -0.2) is 9.78 Å².